The van der Waals surface area contributed by atoms with Gasteiger partial charge in [-0.15, -0.1) is 11.3 Å². The lowest BCUT2D eigenvalue weighted by molar-refractivity contribution is -0.138. The maximum Gasteiger partial charge on any atom is 0.303 e. The number of carboxylic acid groups (broad SMARTS) is 1. The van der Waals surface area contributed by atoms with Crippen LogP contribution in [0.15, 0.2) is 24.3 Å². The number of benzene rings is 1. The van der Waals surface area contributed by atoms with Crippen LogP contribution in [0.2, 0.25) is 0 Å². The molecule has 1 aromatic carbocycles. The van der Waals surface area contributed by atoms with Crippen molar-refractivity contribution in [2.75, 3.05) is 10.6 Å². The molecular weight excluding hydrogens is 376 g/mol. The molecule has 1 aromatic heterocycles. The molecule has 148 valence electrons. The number of hydrogen-bond acceptors (Lipinski definition) is 4. The zero-order chi connectivity index (χ0) is 20.3. The molecule has 1 aliphatic carbocycles. The van der Waals surface area contributed by atoms with Crippen molar-refractivity contribution in [3.05, 3.63) is 45.8 Å². The quantitative estimate of drug-likeness (QED) is 0.676. The summed E-state index contributed by atoms with van der Waals surface area (Å²) >= 11 is 1.43. The number of nitrogens with one attached hydrogen (secondary N) is 2. The number of amides is 2. The van der Waals surface area contributed by atoms with E-state index in [1.54, 1.807) is 0 Å². The van der Waals surface area contributed by atoms with Crippen molar-refractivity contribution >= 4 is 39.8 Å². The zero-order valence-electron chi connectivity index (χ0n) is 16.0. The maximum atomic E-state index is 13.0. The number of hydrogen-bond donors (Lipinski definition) is 3. The summed E-state index contributed by atoms with van der Waals surface area (Å²) < 4.78 is 0. The normalized spacial score (nSPS) is 15.6. The van der Waals surface area contributed by atoms with Crippen LogP contribution < -0.4 is 10.6 Å². The minimum absolute atomic E-state index is 0.118. The van der Waals surface area contributed by atoms with Gasteiger partial charge in [0.05, 0.1) is 12.0 Å². The van der Waals surface area contributed by atoms with Crippen LogP contribution in [0.25, 0.3) is 0 Å². The van der Waals surface area contributed by atoms with Gasteiger partial charge in [0.25, 0.3) is 5.91 Å². The van der Waals surface area contributed by atoms with Crippen molar-refractivity contribution in [3.8, 4) is 0 Å². The first kappa shape index (κ1) is 20.1. The molecule has 0 saturated heterocycles. The fourth-order valence-electron chi connectivity index (χ4n) is 3.32. The molecule has 2 aromatic rings. The van der Waals surface area contributed by atoms with Gasteiger partial charge in [0.15, 0.2) is 0 Å². The zero-order valence-corrected chi connectivity index (χ0v) is 16.8. The summed E-state index contributed by atoms with van der Waals surface area (Å²) in [6.07, 6.45) is 2.33. The molecule has 2 amide bonds. The van der Waals surface area contributed by atoms with E-state index in [-0.39, 0.29) is 18.7 Å². The van der Waals surface area contributed by atoms with Gasteiger partial charge in [-0.1, -0.05) is 24.6 Å². The number of fused-ring (bicyclic) bond motifs is 1. The van der Waals surface area contributed by atoms with E-state index in [0.29, 0.717) is 22.2 Å². The third kappa shape index (κ3) is 4.78. The molecule has 1 atom stereocenters. The summed E-state index contributed by atoms with van der Waals surface area (Å²) in [5, 5.41) is 15.0. The van der Waals surface area contributed by atoms with Crippen molar-refractivity contribution < 1.29 is 19.5 Å². The Morgan fingerprint density at radius 3 is 2.54 bits per heavy atom. The molecule has 0 radical (unpaired) electrons. The smallest absolute Gasteiger partial charge is 0.303 e. The van der Waals surface area contributed by atoms with Gasteiger partial charge in [-0.3, -0.25) is 14.4 Å². The van der Waals surface area contributed by atoms with E-state index >= 15 is 0 Å². The van der Waals surface area contributed by atoms with Crippen molar-refractivity contribution in [1.29, 1.82) is 0 Å². The Labute approximate surface area is 168 Å². The predicted octanol–water partition coefficient (Wildman–Crippen LogP) is 4.24. The first-order valence-corrected chi connectivity index (χ1v) is 10.2. The molecule has 0 bridgehead atoms. The predicted molar refractivity (Wildman–Crippen MR) is 110 cm³/mol. The lowest BCUT2D eigenvalue weighted by Crippen LogP contribution is -2.19. The highest BCUT2D eigenvalue weighted by molar-refractivity contribution is 7.17. The molecule has 1 heterocycles. The Balaban J connectivity index is 1.86. The van der Waals surface area contributed by atoms with Crippen molar-refractivity contribution in [2.24, 2.45) is 5.92 Å². The Bertz CT molecular complexity index is 902. The molecule has 0 spiro atoms. The number of aliphatic carboxylic acids is 1. The second-order valence-corrected chi connectivity index (χ2v) is 8.42. The van der Waals surface area contributed by atoms with Crippen LogP contribution in [0.5, 0.6) is 0 Å². The number of thiophene rings is 1. The fourth-order valence-corrected chi connectivity index (χ4v) is 4.74. The SMILES string of the molecule is Cc1ccc(NC(=O)c2c(NC(=O)CCC(=O)O)sc3c2CC[C@@H](C)C3)cc1. The van der Waals surface area contributed by atoms with Crippen LogP contribution in [0, 0.1) is 12.8 Å². The van der Waals surface area contributed by atoms with E-state index in [4.69, 9.17) is 5.11 Å². The molecule has 6 nitrogen and oxygen atoms in total. The van der Waals surface area contributed by atoms with Gasteiger partial charge in [-0.05, 0) is 49.8 Å². The molecule has 7 heteroatoms. The second-order valence-electron chi connectivity index (χ2n) is 7.32. The molecule has 28 heavy (non-hydrogen) atoms. The van der Waals surface area contributed by atoms with E-state index in [1.165, 1.54) is 11.3 Å². The van der Waals surface area contributed by atoms with Gasteiger partial charge in [0.2, 0.25) is 5.91 Å². The molecular formula is C21H24N2O4S. The van der Waals surface area contributed by atoms with Gasteiger partial charge < -0.3 is 15.7 Å². The highest BCUT2D eigenvalue weighted by Crippen LogP contribution is 2.40. The van der Waals surface area contributed by atoms with Crippen LogP contribution in [0.4, 0.5) is 10.7 Å². The molecule has 3 N–H and O–H groups in total. The van der Waals surface area contributed by atoms with Crippen LogP contribution in [0.1, 0.15) is 52.5 Å². The Kier molecular flexibility index (Phi) is 6.14. The molecule has 0 aliphatic heterocycles. The lowest BCUT2D eigenvalue weighted by Gasteiger charge is -2.18. The highest BCUT2D eigenvalue weighted by Gasteiger charge is 2.28. The number of carbonyl (C=O) groups is 3. The number of carbonyl (C=O) groups excluding carboxylic acids is 2. The van der Waals surface area contributed by atoms with Crippen molar-refractivity contribution in [3.63, 3.8) is 0 Å². The largest absolute Gasteiger partial charge is 0.481 e. The van der Waals surface area contributed by atoms with E-state index in [0.717, 1.165) is 35.3 Å². The number of carboxylic acids is 1. The van der Waals surface area contributed by atoms with Crippen molar-refractivity contribution in [2.45, 2.75) is 46.0 Å². The van der Waals surface area contributed by atoms with E-state index in [9.17, 15) is 14.4 Å². The van der Waals surface area contributed by atoms with Crippen LogP contribution in [0.3, 0.4) is 0 Å². The summed E-state index contributed by atoms with van der Waals surface area (Å²) in [5.41, 5.74) is 3.31. The van der Waals surface area contributed by atoms with E-state index in [1.807, 2.05) is 31.2 Å². The summed E-state index contributed by atoms with van der Waals surface area (Å²) in [6, 6.07) is 7.54. The first-order valence-electron chi connectivity index (χ1n) is 9.37. The van der Waals surface area contributed by atoms with Crippen LogP contribution >= 0.6 is 11.3 Å². The highest BCUT2D eigenvalue weighted by atomic mass is 32.1. The van der Waals surface area contributed by atoms with Gasteiger partial charge in [-0.2, -0.15) is 0 Å². The van der Waals surface area contributed by atoms with Crippen LogP contribution in [-0.2, 0) is 22.4 Å². The Morgan fingerprint density at radius 1 is 1.14 bits per heavy atom. The lowest BCUT2D eigenvalue weighted by atomic mass is 9.88. The second kappa shape index (κ2) is 8.56. The topological polar surface area (TPSA) is 95.5 Å². The molecule has 0 fully saturated rings. The van der Waals surface area contributed by atoms with Crippen molar-refractivity contribution in [1.82, 2.24) is 0 Å². The van der Waals surface area contributed by atoms with Gasteiger partial charge in [0, 0.05) is 17.0 Å². The Hall–Kier alpha value is -2.67. The molecule has 3 rings (SSSR count). The minimum Gasteiger partial charge on any atom is -0.481 e. The number of rotatable bonds is 6. The molecule has 0 unspecified atom stereocenters. The van der Waals surface area contributed by atoms with E-state index in [2.05, 4.69) is 17.6 Å². The summed E-state index contributed by atoms with van der Waals surface area (Å²) in [4.78, 5) is 37.0. The molecule has 0 saturated carbocycles. The number of aryl methyl sites for hydroxylation is 1. The summed E-state index contributed by atoms with van der Waals surface area (Å²) in [5.74, 6) is -1.12. The average Bonchev–Trinajstić information content (AvgIpc) is 2.98. The summed E-state index contributed by atoms with van der Waals surface area (Å²) in [7, 11) is 0. The van der Waals surface area contributed by atoms with Gasteiger partial charge >= 0.3 is 5.97 Å². The minimum atomic E-state index is -1.02. The molecule has 1 aliphatic rings. The maximum absolute atomic E-state index is 13.0. The summed E-state index contributed by atoms with van der Waals surface area (Å²) in [6.45, 7) is 4.16. The number of anilines is 2. The average molecular weight is 401 g/mol. The fraction of sp³-hybridized carbons (Fsp3) is 0.381. The first-order chi connectivity index (χ1) is 13.3. The third-order valence-electron chi connectivity index (χ3n) is 4.87. The van der Waals surface area contributed by atoms with Gasteiger partial charge in [-0.25, -0.2) is 0 Å². The standard InChI is InChI=1S/C21H24N2O4S/c1-12-3-6-14(7-4-12)22-20(27)19-15-8-5-13(2)11-16(15)28-21(19)23-17(24)9-10-18(25)26/h3-4,6-7,13H,5,8-11H2,1-2H3,(H,22,27)(H,23,24)(H,25,26)/t13-/m1/s1. The third-order valence-corrected chi connectivity index (χ3v) is 6.04. The van der Waals surface area contributed by atoms with Gasteiger partial charge in [0.1, 0.15) is 5.00 Å². The monoisotopic (exact) mass is 400 g/mol. The van der Waals surface area contributed by atoms with E-state index < -0.39 is 11.9 Å². The van der Waals surface area contributed by atoms with Crippen LogP contribution in [-0.4, -0.2) is 22.9 Å². The Morgan fingerprint density at radius 2 is 1.86 bits per heavy atom.